The first-order valence-electron chi connectivity index (χ1n) is 3.43. The molecule has 1 amide bonds. The van der Waals surface area contributed by atoms with Gasteiger partial charge in [0.1, 0.15) is 0 Å². The Labute approximate surface area is 73.9 Å². The first kappa shape index (κ1) is 13.1. The van der Waals surface area contributed by atoms with E-state index in [1.807, 2.05) is 13.2 Å². The highest BCUT2D eigenvalue weighted by Crippen LogP contribution is 1.65. The molecule has 11 heavy (non-hydrogen) atoms. The highest BCUT2D eigenvalue weighted by Gasteiger charge is 1.92. The molecular weight excluding hydrogens is 164 g/mol. The maximum atomic E-state index is 9.78. The summed E-state index contributed by atoms with van der Waals surface area (Å²) in [6, 6.07) is 0. The van der Waals surface area contributed by atoms with Crippen molar-refractivity contribution in [1.29, 1.82) is 0 Å². The third kappa shape index (κ3) is 9.46. The van der Waals surface area contributed by atoms with Crippen LogP contribution in [0.2, 0.25) is 0 Å². The molecule has 3 nitrogen and oxygen atoms in total. The Morgan fingerprint density at radius 3 is 2.73 bits per heavy atom. The average molecular weight is 179 g/mol. The van der Waals surface area contributed by atoms with Crippen molar-refractivity contribution in [3.05, 3.63) is 12.8 Å². The van der Waals surface area contributed by atoms with Gasteiger partial charge in [-0.05, 0) is 6.58 Å². The van der Waals surface area contributed by atoms with Crippen molar-refractivity contribution in [2.75, 3.05) is 20.1 Å². The van der Waals surface area contributed by atoms with Crippen molar-refractivity contribution in [1.82, 2.24) is 5.32 Å². The molecule has 2 N–H and O–H groups in total. The third-order valence-corrected chi connectivity index (χ3v) is 1.32. The zero-order valence-electron chi connectivity index (χ0n) is 6.77. The maximum absolute atomic E-state index is 9.78. The standard InChI is InChI=1S/C7H14N2O.ClH/c1-3-9(2)6-4-5-8-7-10;/h3,7H,1,4-6H2,2H3,(H,8,10);1H. The van der Waals surface area contributed by atoms with Crippen molar-refractivity contribution >= 4 is 6.41 Å². The first-order valence-corrected chi connectivity index (χ1v) is 3.43. The van der Waals surface area contributed by atoms with Gasteiger partial charge in [0.05, 0.1) is 19.8 Å². The fourth-order valence-corrected chi connectivity index (χ4v) is 0.630. The van der Waals surface area contributed by atoms with Crippen LogP contribution in [0.3, 0.4) is 0 Å². The number of carbonyl (C=O) groups excluding carboxylic acids is 1. The normalized spacial score (nSPS) is 11.0. The van der Waals surface area contributed by atoms with E-state index in [2.05, 4.69) is 11.9 Å². The lowest BCUT2D eigenvalue weighted by molar-refractivity contribution is -0.824. The van der Waals surface area contributed by atoms with Crippen LogP contribution in [-0.4, -0.2) is 26.5 Å². The van der Waals surface area contributed by atoms with Crippen LogP contribution in [0.1, 0.15) is 6.42 Å². The van der Waals surface area contributed by atoms with Gasteiger partial charge in [-0.15, -0.1) is 0 Å². The largest absolute Gasteiger partial charge is 1.00 e. The van der Waals surface area contributed by atoms with Gasteiger partial charge in [-0.1, -0.05) is 0 Å². The second-order valence-electron chi connectivity index (χ2n) is 2.23. The molecule has 0 aromatic carbocycles. The Hall–Kier alpha value is -0.540. The van der Waals surface area contributed by atoms with Gasteiger partial charge < -0.3 is 22.6 Å². The van der Waals surface area contributed by atoms with Crippen LogP contribution < -0.4 is 22.6 Å². The van der Waals surface area contributed by atoms with Crippen LogP contribution in [0, 0.1) is 0 Å². The molecule has 0 bridgehead atoms. The number of quaternary nitrogens is 1. The molecule has 0 aliphatic heterocycles. The SMILES string of the molecule is C=C[NH+](C)CCCNC=O.[Cl-]. The van der Waals surface area contributed by atoms with E-state index in [4.69, 9.17) is 0 Å². The van der Waals surface area contributed by atoms with Crippen molar-refractivity contribution in [2.45, 2.75) is 6.42 Å². The van der Waals surface area contributed by atoms with Gasteiger partial charge in [-0.25, -0.2) is 0 Å². The monoisotopic (exact) mass is 178 g/mol. The minimum absolute atomic E-state index is 0. The fourth-order valence-electron chi connectivity index (χ4n) is 0.630. The van der Waals surface area contributed by atoms with Gasteiger partial charge in [0, 0.05) is 13.0 Å². The molecule has 0 heterocycles. The van der Waals surface area contributed by atoms with E-state index in [9.17, 15) is 4.79 Å². The van der Waals surface area contributed by atoms with E-state index >= 15 is 0 Å². The van der Waals surface area contributed by atoms with E-state index in [0.29, 0.717) is 0 Å². The second kappa shape index (κ2) is 9.46. The molecule has 66 valence electrons. The Balaban J connectivity index is 0. The summed E-state index contributed by atoms with van der Waals surface area (Å²) in [5, 5.41) is 2.60. The quantitative estimate of drug-likeness (QED) is 0.314. The summed E-state index contributed by atoms with van der Waals surface area (Å²) >= 11 is 0. The molecule has 0 aromatic heterocycles. The summed E-state index contributed by atoms with van der Waals surface area (Å²) in [7, 11) is 2.04. The number of halogens is 1. The van der Waals surface area contributed by atoms with Gasteiger partial charge in [0.2, 0.25) is 6.41 Å². The molecule has 0 fully saturated rings. The van der Waals surface area contributed by atoms with Crippen molar-refractivity contribution in [2.24, 2.45) is 0 Å². The molecule has 0 aromatic rings. The number of amides is 1. The predicted octanol–water partition coefficient (Wildman–Crippen LogP) is -4.22. The predicted molar refractivity (Wildman–Crippen MR) is 40.6 cm³/mol. The number of hydrogen-bond acceptors (Lipinski definition) is 1. The lowest BCUT2D eigenvalue weighted by atomic mass is 10.4. The average Bonchev–Trinajstić information content (AvgIpc) is 1.98. The highest BCUT2D eigenvalue weighted by atomic mass is 35.5. The Morgan fingerprint density at radius 1 is 1.64 bits per heavy atom. The number of nitrogens with one attached hydrogen (secondary N) is 2. The van der Waals surface area contributed by atoms with Gasteiger partial charge in [-0.3, -0.25) is 4.79 Å². The van der Waals surface area contributed by atoms with Crippen LogP contribution in [-0.2, 0) is 4.79 Å². The molecule has 4 heteroatoms. The third-order valence-electron chi connectivity index (χ3n) is 1.32. The molecule has 0 aliphatic carbocycles. The molecule has 0 radical (unpaired) electrons. The Kier molecular flexibility index (Phi) is 11.2. The van der Waals surface area contributed by atoms with Crippen LogP contribution in [0.4, 0.5) is 0 Å². The van der Waals surface area contributed by atoms with Gasteiger partial charge in [-0.2, -0.15) is 0 Å². The molecule has 0 saturated heterocycles. The number of hydrogen-bond donors (Lipinski definition) is 2. The molecule has 1 atom stereocenters. The highest BCUT2D eigenvalue weighted by molar-refractivity contribution is 5.45. The number of carbonyl (C=O) groups is 1. The minimum Gasteiger partial charge on any atom is -1.00 e. The number of rotatable bonds is 6. The lowest BCUT2D eigenvalue weighted by Crippen LogP contribution is -3.04. The first-order chi connectivity index (χ1) is 4.81. The zero-order valence-corrected chi connectivity index (χ0v) is 7.53. The van der Waals surface area contributed by atoms with E-state index in [0.717, 1.165) is 25.9 Å². The smallest absolute Gasteiger partial charge is 0.207 e. The van der Waals surface area contributed by atoms with Crippen molar-refractivity contribution in [3.63, 3.8) is 0 Å². The summed E-state index contributed by atoms with van der Waals surface area (Å²) in [6.45, 7) is 5.41. The van der Waals surface area contributed by atoms with E-state index in [1.54, 1.807) is 0 Å². The van der Waals surface area contributed by atoms with Crippen molar-refractivity contribution < 1.29 is 22.1 Å². The molecule has 0 spiro atoms. The van der Waals surface area contributed by atoms with Crippen LogP contribution in [0.25, 0.3) is 0 Å². The Morgan fingerprint density at radius 2 is 2.27 bits per heavy atom. The van der Waals surface area contributed by atoms with E-state index < -0.39 is 0 Å². The van der Waals surface area contributed by atoms with Crippen LogP contribution in [0.5, 0.6) is 0 Å². The Bertz CT molecular complexity index is 109. The summed E-state index contributed by atoms with van der Waals surface area (Å²) in [5.41, 5.74) is 0. The van der Waals surface area contributed by atoms with Crippen molar-refractivity contribution in [3.8, 4) is 0 Å². The summed E-state index contributed by atoms with van der Waals surface area (Å²) in [4.78, 5) is 11.1. The van der Waals surface area contributed by atoms with Crippen LogP contribution in [0.15, 0.2) is 12.8 Å². The second-order valence-corrected chi connectivity index (χ2v) is 2.23. The van der Waals surface area contributed by atoms with E-state index in [1.165, 1.54) is 4.90 Å². The molecule has 0 aliphatic rings. The molecular formula is C7H15ClN2O. The fraction of sp³-hybridized carbons (Fsp3) is 0.571. The molecule has 0 saturated carbocycles. The van der Waals surface area contributed by atoms with Gasteiger partial charge in [0.15, 0.2) is 0 Å². The van der Waals surface area contributed by atoms with Crippen LogP contribution >= 0.6 is 0 Å². The van der Waals surface area contributed by atoms with Gasteiger partial charge in [0.25, 0.3) is 0 Å². The zero-order chi connectivity index (χ0) is 7.82. The van der Waals surface area contributed by atoms with E-state index in [-0.39, 0.29) is 12.4 Å². The summed E-state index contributed by atoms with van der Waals surface area (Å²) < 4.78 is 0. The minimum atomic E-state index is 0. The maximum Gasteiger partial charge on any atom is 0.207 e. The topological polar surface area (TPSA) is 33.5 Å². The van der Waals surface area contributed by atoms with Gasteiger partial charge >= 0.3 is 0 Å². The molecule has 1 unspecified atom stereocenters. The molecule has 0 rings (SSSR count). The summed E-state index contributed by atoms with van der Waals surface area (Å²) in [6.07, 6.45) is 3.57. The summed E-state index contributed by atoms with van der Waals surface area (Å²) in [5.74, 6) is 0. The lowest BCUT2D eigenvalue weighted by Gasteiger charge is -2.05.